The second-order valence-corrected chi connectivity index (χ2v) is 12.7. The average molecular weight is 672 g/mol. The van der Waals surface area contributed by atoms with E-state index in [4.69, 9.17) is 14.2 Å². The lowest BCUT2D eigenvalue weighted by atomic mass is 9.87. The molecule has 1 atom stereocenters. The van der Waals surface area contributed by atoms with Crippen molar-refractivity contribution in [1.29, 1.82) is 0 Å². The lowest BCUT2D eigenvalue weighted by Crippen LogP contribution is -2.41. The highest BCUT2D eigenvalue weighted by atomic mass is 19.1. The van der Waals surface area contributed by atoms with Gasteiger partial charge in [0.05, 0.1) is 35.1 Å². The molecule has 5 rings (SSSR count). The quantitative estimate of drug-likeness (QED) is 0.0795. The van der Waals surface area contributed by atoms with Crippen LogP contribution in [0.5, 0.6) is 11.5 Å². The first-order valence-electron chi connectivity index (χ1n) is 15.8. The number of carbonyl (C=O) groups excluding carboxylic acids is 2. The first-order chi connectivity index (χ1) is 23.3. The number of alkyl carbamates (subject to hydrolysis) is 1. The standard InChI is InChI=1S/C37H38FN3O8/c1-36(2,40-35(43)48-22-23-8-6-5-7-9-23)26-20-29(24-10-14-28(38)30(18-24)41(45)46)39-34(21-26)37(3,44)17-16-31(42)25-11-15-32(33(19-25)47-4)49-27-12-13-27/h5-11,14-15,18-21,27,44H,12-13,16-17,22H2,1-4H3,(H,40,43). The van der Waals surface area contributed by atoms with Crippen LogP contribution in [0.3, 0.4) is 0 Å². The summed E-state index contributed by atoms with van der Waals surface area (Å²) in [4.78, 5) is 41.4. The van der Waals surface area contributed by atoms with Crippen LogP contribution in [0, 0.1) is 15.9 Å². The molecule has 1 aliphatic carbocycles. The van der Waals surface area contributed by atoms with Crippen LogP contribution in [0.15, 0.2) is 78.9 Å². The lowest BCUT2D eigenvalue weighted by Gasteiger charge is -2.30. The number of nitrogens with zero attached hydrogens (tertiary/aromatic N) is 2. The Kier molecular flexibility index (Phi) is 10.3. The molecule has 49 heavy (non-hydrogen) atoms. The van der Waals surface area contributed by atoms with E-state index in [0.29, 0.717) is 22.6 Å². The van der Waals surface area contributed by atoms with Crippen LogP contribution in [-0.2, 0) is 22.5 Å². The molecule has 1 fully saturated rings. The Morgan fingerprint density at radius 1 is 1.02 bits per heavy atom. The zero-order chi connectivity index (χ0) is 35.3. The summed E-state index contributed by atoms with van der Waals surface area (Å²) in [7, 11) is 1.50. The molecule has 1 heterocycles. The molecule has 1 amide bonds. The summed E-state index contributed by atoms with van der Waals surface area (Å²) in [6.45, 7) is 4.98. The second-order valence-electron chi connectivity index (χ2n) is 12.7. The molecule has 11 nitrogen and oxygen atoms in total. The van der Waals surface area contributed by atoms with Gasteiger partial charge in [0, 0.05) is 23.6 Å². The zero-order valence-electron chi connectivity index (χ0n) is 27.7. The third kappa shape index (κ3) is 8.76. The van der Waals surface area contributed by atoms with Crippen LogP contribution in [0.1, 0.15) is 73.6 Å². The van der Waals surface area contributed by atoms with Crippen LogP contribution in [0.25, 0.3) is 11.3 Å². The minimum absolute atomic E-state index is 0.0408. The third-order valence-corrected chi connectivity index (χ3v) is 8.31. The van der Waals surface area contributed by atoms with E-state index >= 15 is 0 Å². The summed E-state index contributed by atoms with van der Waals surface area (Å²) in [5, 5.41) is 26.1. The Balaban J connectivity index is 1.42. The molecule has 0 spiro atoms. The Hall–Kier alpha value is -5.36. The molecule has 3 aromatic carbocycles. The molecule has 2 N–H and O–H groups in total. The third-order valence-electron chi connectivity index (χ3n) is 8.31. The van der Waals surface area contributed by atoms with Gasteiger partial charge in [-0.15, -0.1) is 0 Å². The molecule has 4 aromatic rings. The van der Waals surface area contributed by atoms with Crippen molar-refractivity contribution in [1.82, 2.24) is 10.3 Å². The van der Waals surface area contributed by atoms with Gasteiger partial charge in [-0.05, 0) is 93.6 Å². The predicted molar refractivity (Wildman–Crippen MR) is 179 cm³/mol. The van der Waals surface area contributed by atoms with Crippen LogP contribution in [-0.4, -0.2) is 40.1 Å². The first kappa shape index (κ1) is 35.0. The number of nitro groups is 1. The maximum Gasteiger partial charge on any atom is 0.408 e. The van der Waals surface area contributed by atoms with E-state index in [1.165, 1.54) is 20.1 Å². The molecule has 0 saturated heterocycles. The summed E-state index contributed by atoms with van der Waals surface area (Å²) in [5.41, 5.74) is -1.32. The number of aromatic nitrogens is 1. The van der Waals surface area contributed by atoms with Crippen molar-refractivity contribution < 1.29 is 38.2 Å². The maximum atomic E-state index is 14.2. The fourth-order valence-electron chi connectivity index (χ4n) is 5.15. The Morgan fingerprint density at radius 2 is 1.76 bits per heavy atom. The van der Waals surface area contributed by atoms with Gasteiger partial charge in [0.15, 0.2) is 17.3 Å². The molecule has 0 radical (unpaired) electrons. The van der Waals surface area contributed by atoms with Crippen molar-refractivity contribution in [3.8, 4) is 22.8 Å². The molecule has 0 aliphatic heterocycles. The summed E-state index contributed by atoms with van der Waals surface area (Å²) in [6, 6.07) is 20.7. The number of benzene rings is 3. The molecule has 1 unspecified atom stereocenters. The van der Waals surface area contributed by atoms with E-state index in [2.05, 4.69) is 10.3 Å². The molecule has 1 aromatic heterocycles. The number of methoxy groups -OCH3 is 1. The van der Waals surface area contributed by atoms with Gasteiger partial charge in [0.1, 0.15) is 12.2 Å². The molecule has 0 bridgehead atoms. The van der Waals surface area contributed by atoms with Gasteiger partial charge in [-0.3, -0.25) is 14.9 Å². The smallest absolute Gasteiger partial charge is 0.408 e. The van der Waals surface area contributed by atoms with Gasteiger partial charge in [0.2, 0.25) is 5.82 Å². The van der Waals surface area contributed by atoms with Gasteiger partial charge in [-0.25, -0.2) is 9.78 Å². The van der Waals surface area contributed by atoms with E-state index in [1.54, 1.807) is 44.2 Å². The molecular weight excluding hydrogens is 633 g/mol. The van der Waals surface area contributed by atoms with Gasteiger partial charge in [-0.1, -0.05) is 30.3 Å². The number of rotatable bonds is 14. The van der Waals surface area contributed by atoms with E-state index < -0.39 is 33.7 Å². The number of ketones is 1. The van der Waals surface area contributed by atoms with Gasteiger partial charge in [-0.2, -0.15) is 4.39 Å². The molecule has 12 heteroatoms. The summed E-state index contributed by atoms with van der Waals surface area (Å²) in [6.07, 6.45) is 1.29. The van der Waals surface area contributed by atoms with E-state index in [9.17, 15) is 29.2 Å². The van der Waals surface area contributed by atoms with Crippen LogP contribution in [0.2, 0.25) is 0 Å². The molecule has 1 saturated carbocycles. The number of aliphatic hydroxyl groups is 1. The highest BCUT2D eigenvalue weighted by Gasteiger charge is 2.32. The number of carbonyl (C=O) groups is 2. The highest BCUT2D eigenvalue weighted by molar-refractivity contribution is 5.96. The van der Waals surface area contributed by atoms with Crippen molar-refractivity contribution in [3.63, 3.8) is 0 Å². The minimum atomic E-state index is -1.67. The number of ether oxygens (including phenoxy) is 3. The zero-order valence-corrected chi connectivity index (χ0v) is 27.7. The predicted octanol–water partition coefficient (Wildman–Crippen LogP) is 7.38. The van der Waals surface area contributed by atoms with E-state index in [1.807, 2.05) is 30.3 Å². The van der Waals surface area contributed by atoms with E-state index in [0.717, 1.165) is 30.5 Å². The number of nitrogens with one attached hydrogen (secondary N) is 1. The second kappa shape index (κ2) is 14.4. The van der Waals surface area contributed by atoms with Crippen LogP contribution < -0.4 is 14.8 Å². The normalized spacial score (nSPS) is 14.0. The Morgan fingerprint density at radius 3 is 2.43 bits per heavy atom. The number of halogens is 1. The van der Waals surface area contributed by atoms with Crippen LogP contribution in [0.4, 0.5) is 14.9 Å². The van der Waals surface area contributed by atoms with Gasteiger partial charge >= 0.3 is 11.8 Å². The summed E-state index contributed by atoms with van der Waals surface area (Å²) < 4.78 is 30.9. The molecule has 1 aliphatic rings. The van der Waals surface area contributed by atoms with Crippen molar-refractivity contribution >= 4 is 17.6 Å². The maximum absolute atomic E-state index is 14.2. The molecular formula is C37H38FN3O8. The fraction of sp³-hybridized carbons (Fsp3) is 0.324. The number of nitro benzene ring substituents is 1. The van der Waals surface area contributed by atoms with Gasteiger partial charge in [0.25, 0.3) is 0 Å². The van der Waals surface area contributed by atoms with Crippen LogP contribution >= 0.6 is 0 Å². The lowest BCUT2D eigenvalue weighted by molar-refractivity contribution is -0.387. The summed E-state index contributed by atoms with van der Waals surface area (Å²) >= 11 is 0. The Bertz CT molecular complexity index is 1860. The van der Waals surface area contributed by atoms with Crippen molar-refractivity contribution in [2.45, 2.75) is 70.3 Å². The number of hydrogen-bond acceptors (Lipinski definition) is 9. The van der Waals surface area contributed by atoms with Crippen molar-refractivity contribution in [3.05, 3.63) is 117 Å². The topological polar surface area (TPSA) is 150 Å². The van der Waals surface area contributed by atoms with Gasteiger partial charge < -0.3 is 24.6 Å². The number of hydrogen-bond donors (Lipinski definition) is 2. The monoisotopic (exact) mass is 671 g/mol. The average Bonchev–Trinajstić information content (AvgIpc) is 3.90. The minimum Gasteiger partial charge on any atom is -0.493 e. The molecule has 256 valence electrons. The fourth-order valence-corrected chi connectivity index (χ4v) is 5.15. The van der Waals surface area contributed by atoms with Crippen molar-refractivity contribution in [2.24, 2.45) is 0 Å². The number of amides is 1. The largest absolute Gasteiger partial charge is 0.493 e. The SMILES string of the molecule is COc1cc(C(=O)CCC(C)(O)c2cc(C(C)(C)NC(=O)OCc3ccccc3)cc(-c3ccc(F)c([N+](=O)[O-])c3)n2)ccc1OC1CC1. The van der Waals surface area contributed by atoms with E-state index in [-0.39, 0.29) is 48.3 Å². The van der Waals surface area contributed by atoms with Crippen molar-refractivity contribution in [2.75, 3.05) is 7.11 Å². The number of pyridine rings is 1. The first-order valence-corrected chi connectivity index (χ1v) is 15.8. The highest BCUT2D eigenvalue weighted by Crippen LogP contribution is 2.36. The summed E-state index contributed by atoms with van der Waals surface area (Å²) in [5.74, 6) is -0.259. The number of Topliss-reactive ketones (excluding diaryl/α,β-unsaturated/α-hetero) is 1. The Labute approximate surface area is 283 Å².